The van der Waals surface area contributed by atoms with E-state index < -0.39 is 5.82 Å². The summed E-state index contributed by atoms with van der Waals surface area (Å²) in [5.41, 5.74) is 0.372. The number of carbonyl (C=O) groups is 1. The van der Waals surface area contributed by atoms with Crippen molar-refractivity contribution >= 4 is 33.6 Å². The minimum Gasteiger partial charge on any atom is -0.352 e. The van der Waals surface area contributed by atoms with Crippen molar-refractivity contribution in [2.45, 2.75) is 6.42 Å². The molecule has 1 aromatic rings. The second-order valence-corrected chi connectivity index (χ2v) is 6.07. The van der Waals surface area contributed by atoms with Gasteiger partial charge in [0, 0.05) is 12.1 Å². The number of halogens is 2. The third kappa shape index (κ3) is 3.45. The Morgan fingerprint density at radius 2 is 2.41 bits per heavy atom. The van der Waals surface area contributed by atoms with Crippen molar-refractivity contribution < 1.29 is 9.18 Å². The largest absolute Gasteiger partial charge is 0.352 e. The van der Waals surface area contributed by atoms with Crippen molar-refractivity contribution in [1.82, 2.24) is 5.32 Å². The van der Waals surface area contributed by atoms with E-state index in [-0.39, 0.29) is 5.91 Å². The Hall–Kier alpha value is -0.550. The van der Waals surface area contributed by atoms with Crippen LogP contribution in [0.4, 0.5) is 4.39 Å². The normalized spacial score (nSPS) is 19.3. The van der Waals surface area contributed by atoms with E-state index in [1.807, 2.05) is 11.8 Å². The molecule has 1 heterocycles. The number of thioether (sulfide) groups is 1. The predicted molar refractivity (Wildman–Crippen MR) is 71.9 cm³/mol. The molecule has 5 heteroatoms. The molecule has 0 bridgehead atoms. The molecular weight excluding hydrogens is 305 g/mol. The van der Waals surface area contributed by atoms with E-state index in [1.54, 1.807) is 12.1 Å². The lowest BCUT2D eigenvalue weighted by atomic mass is 10.1. The molecule has 92 valence electrons. The van der Waals surface area contributed by atoms with Gasteiger partial charge in [0.1, 0.15) is 5.82 Å². The molecule has 0 spiro atoms. The summed E-state index contributed by atoms with van der Waals surface area (Å²) in [4.78, 5) is 11.8. The summed E-state index contributed by atoms with van der Waals surface area (Å²) in [5, 5.41) is 2.85. The third-order valence-corrected chi connectivity index (χ3v) is 4.63. The van der Waals surface area contributed by atoms with Crippen LogP contribution < -0.4 is 5.32 Å². The Bertz CT molecular complexity index is 421. The first-order valence-corrected chi connectivity index (χ1v) is 7.42. The van der Waals surface area contributed by atoms with Crippen molar-refractivity contribution in [3.63, 3.8) is 0 Å². The molecule has 1 amide bonds. The van der Waals surface area contributed by atoms with Gasteiger partial charge in [-0.1, -0.05) is 0 Å². The number of carbonyl (C=O) groups excluding carboxylic acids is 1. The summed E-state index contributed by atoms with van der Waals surface area (Å²) in [6.07, 6.45) is 1.15. The van der Waals surface area contributed by atoms with Gasteiger partial charge in [-0.15, -0.1) is 0 Å². The van der Waals surface area contributed by atoms with Crippen LogP contribution in [0.1, 0.15) is 16.8 Å². The van der Waals surface area contributed by atoms with Crippen molar-refractivity contribution in [2.75, 3.05) is 18.1 Å². The zero-order valence-electron chi connectivity index (χ0n) is 9.21. The van der Waals surface area contributed by atoms with Gasteiger partial charge in [-0.3, -0.25) is 4.79 Å². The molecule has 1 N–H and O–H groups in total. The molecule has 0 radical (unpaired) electrons. The number of hydrogen-bond donors (Lipinski definition) is 1. The van der Waals surface area contributed by atoms with E-state index in [0.717, 1.165) is 12.2 Å². The summed E-state index contributed by atoms with van der Waals surface area (Å²) >= 11 is 4.98. The number of benzene rings is 1. The fourth-order valence-electron chi connectivity index (χ4n) is 1.72. The van der Waals surface area contributed by atoms with Crippen LogP contribution in [0, 0.1) is 11.7 Å². The Morgan fingerprint density at radius 1 is 1.59 bits per heavy atom. The quantitative estimate of drug-likeness (QED) is 0.928. The van der Waals surface area contributed by atoms with Crippen LogP contribution in [-0.2, 0) is 0 Å². The fraction of sp³-hybridized carbons (Fsp3) is 0.417. The van der Waals surface area contributed by atoms with Gasteiger partial charge in [0.25, 0.3) is 5.91 Å². The van der Waals surface area contributed by atoms with Gasteiger partial charge in [-0.2, -0.15) is 11.8 Å². The monoisotopic (exact) mass is 317 g/mol. The molecule has 2 nitrogen and oxygen atoms in total. The van der Waals surface area contributed by atoms with Gasteiger partial charge >= 0.3 is 0 Å². The van der Waals surface area contributed by atoms with Crippen molar-refractivity contribution in [3.8, 4) is 0 Å². The molecule has 1 atom stereocenters. The summed E-state index contributed by atoms with van der Waals surface area (Å²) in [6, 6.07) is 4.42. The van der Waals surface area contributed by atoms with Gasteiger partial charge in [0.15, 0.2) is 0 Å². The lowest BCUT2D eigenvalue weighted by molar-refractivity contribution is 0.0948. The number of hydrogen-bond acceptors (Lipinski definition) is 2. The first kappa shape index (κ1) is 12.9. The summed E-state index contributed by atoms with van der Waals surface area (Å²) < 4.78 is 13.6. The average Bonchev–Trinajstić information content (AvgIpc) is 2.82. The molecule has 1 unspecified atom stereocenters. The maximum absolute atomic E-state index is 13.3. The van der Waals surface area contributed by atoms with Crippen LogP contribution >= 0.6 is 27.7 Å². The fourth-order valence-corrected chi connectivity index (χ4v) is 3.25. The topological polar surface area (TPSA) is 29.1 Å². The lowest BCUT2D eigenvalue weighted by Gasteiger charge is -2.10. The first-order valence-electron chi connectivity index (χ1n) is 5.48. The van der Waals surface area contributed by atoms with E-state index in [2.05, 4.69) is 21.2 Å². The maximum atomic E-state index is 13.3. The van der Waals surface area contributed by atoms with Crippen LogP contribution in [0.3, 0.4) is 0 Å². The highest BCUT2D eigenvalue weighted by Crippen LogP contribution is 2.22. The minimum atomic E-state index is -0.408. The molecular formula is C12H13BrFNOS. The van der Waals surface area contributed by atoms with Gasteiger partial charge in [0.2, 0.25) is 0 Å². The standard InChI is InChI=1S/C12H13BrFNOS/c13-10-2-1-9(5-11(10)14)12(16)15-6-8-3-4-17-7-8/h1-2,5,8H,3-4,6-7H2,(H,15,16). The van der Waals surface area contributed by atoms with Crippen LogP contribution in [0.2, 0.25) is 0 Å². The zero-order valence-corrected chi connectivity index (χ0v) is 11.6. The molecule has 1 saturated heterocycles. The third-order valence-electron chi connectivity index (χ3n) is 2.76. The summed E-state index contributed by atoms with van der Waals surface area (Å²) in [6.45, 7) is 0.684. The van der Waals surface area contributed by atoms with Crippen LogP contribution in [0.5, 0.6) is 0 Å². The first-order chi connectivity index (χ1) is 8.16. The SMILES string of the molecule is O=C(NCC1CCSC1)c1ccc(Br)c(F)c1. The highest BCUT2D eigenvalue weighted by Gasteiger charge is 2.16. The summed E-state index contributed by atoms with van der Waals surface area (Å²) in [7, 11) is 0. The molecule has 0 saturated carbocycles. The molecule has 2 rings (SSSR count). The number of nitrogens with one attached hydrogen (secondary N) is 1. The van der Waals surface area contributed by atoms with E-state index in [1.165, 1.54) is 11.8 Å². The Morgan fingerprint density at radius 3 is 3.06 bits per heavy atom. The zero-order chi connectivity index (χ0) is 12.3. The van der Waals surface area contributed by atoms with Crippen molar-refractivity contribution in [2.24, 2.45) is 5.92 Å². The van der Waals surface area contributed by atoms with Crippen molar-refractivity contribution in [3.05, 3.63) is 34.1 Å². The number of rotatable bonds is 3. The predicted octanol–water partition coefficient (Wildman–Crippen LogP) is 3.07. The smallest absolute Gasteiger partial charge is 0.251 e. The van der Waals surface area contributed by atoms with E-state index in [0.29, 0.717) is 22.5 Å². The molecule has 1 fully saturated rings. The van der Waals surface area contributed by atoms with E-state index in [9.17, 15) is 9.18 Å². The molecule has 17 heavy (non-hydrogen) atoms. The number of amides is 1. The molecule has 1 aliphatic rings. The van der Waals surface area contributed by atoms with E-state index >= 15 is 0 Å². The second kappa shape index (κ2) is 5.87. The second-order valence-electron chi connectivity index (χ2n) is 4.07. The molecule has 1 aromatic carbocycles. The van der Waals surface area contributed by atoms with Gasteiger partial charge < -0.3 is 5.32 Å². The molecule has 0 aliphatic carbocycles. The van der Waals surface area contributed by atoms with Crippen molar-refractivity contribution in [1.29, 1.82) is 0 Å². The summed E-state index contributed by atoms with van der Waals surface area (Å²) in [5.74, 6) is 2.23. The van der Waals surface area contributed by atoms with Crippen LogP contribution in [-0.4, -0.2) is 24.0 Å². The Balaban J connectivity index is 1.92. The van der Waals surface area contributed by atoms with Gasteiger partial charge in [-0.05, 0) is 58.0 Å². The highest BCUT2D eigenvalue weighted by molar-refractivity contribution is 9.10. The Labute approximate surface area is 112 Å². The van der Waals surface area contributed by atoms with Crippen LogP contribution in [0.15, 0.2) is 22.7 Å². The average molecular weight is 318 g/mol. The molecule has 0 aromatic heterocycles. The van der Waals surface area contributed by atoms with E-state index in [4.69, 9.17) is 0 Å². The van der Waals surface area contributed by atoms with Gasteiger partial charge in [-0.25, -0.2) is 4.39 Å². The lowest BCUT2D eigenvalue weighted by Crippen LogP contribution is -2.29. The Kier molecular flexibility index (Phi) is 4.45. The minimum absolute atomic E-state index is 0.201. The molecule has 1 aliphatic heterocycles. The van der Waals surface area contributed by atoms with Gasteiger partial charge in [0.05, 0.1) is 4.47 Å². The highest BCUT2D eigenvalue weighted by atomic mass is 79.9. The van der Waals surface area contributed by atoms with Crippen LogP contribution in [0.25, 0.3) is 0 Å². The maximum Gasteiger partial charge on any atom is 0.251 e.